The van der Waals surface area contributed by atoms with Crippen LogP contribution in [0, 0.1) is 0 Å². The number of hydrogen-bond donors (Lipinski definition) is 1. The van der Waals surface area contributed by atoms with Gasteiger partial charge in [0.2, 0.25) is 0 Å². The third kappa shape index (κ3) is 1.66. The predicted octanol–water partition coefficient (Wildman–Crippen LogP) is 1.19. The third-order valence-corrected chi connectivity index (χ3v) is 1.67. The van der Waals surface area contributed by atoms with Crippen LogP contribution in [0.1, 0.15) is 0 Å². The van der Waals surface area contributed by atoms with Gasteiger partial charge in [-0.05, 0) is 12.1 Å². The standard InChI is InChI=1S/C9H10N4O/c1-13-6-8(10)9(12-13)14-7-3-2-4-11-5-7/h2-6H,10H2,1H3. The van der Waals surface area contributed by atoms with E-state index in [1.165, 1.54) is 0 Å². The van der Waals surface area contributed by atoms with Gasteiger partial charge in [0.05, 0.1) is 12.4 Å². The monoisotopic (exact) mass is 190 g/mol. The zero-order chi connectivity index (χ0) is 9.97. The highest BCUT2D eigenvalue weighted by molar-refractivity contribution is 5.47. The number of nitrogens with zero attached hydrogens (tertiary/aromatic N) is 3. The van der Waals surface area contributed by atoms with Crippen LogP contribution in [0.15, 0.2) is 30.7 Å². The average Bonchev–Trinajstić information content (AvgIpc) is 2.47. The molecule has 0 saturated carbocycles. The van der Waals surface area contributed by atoms with Gasteiger partial charge in [-0.15, -0.1) is 5.10 Å². The Hall–Kier alpha value is -2.04. The fourth-order valence-electron chi connectivity index (χ4n) is 1.08. The molecule has 2 N–H and O–H groups in total. The summed E-state index contributed by atoms with van der Waals surface area (Å²) in [6.07, 6.45) is 4.97. The van der Waals surface area contributed by atoms with Crippen LogP contribution in [0.25, 0.3) is 0 Å². The van der Waals surface area contributed by atoms with Crippen molar-refractivity contribution in [3.05, 3.63) is 30.7 Å². The molecular formula is C9H10N4O. The maximum Gasteiger partial charge on any atom is 0.261 e. The van der Waals surface area contributed by atoms with E-state index in [2.05, 4.69) is 10.1 Å². The minimum atomic E-state index is 0.403. The Morgan fingerprint density at radius 3 is 2.93 bits per heavy atom. The summed E-state index contributed by atoms with van der Waals surface area (Å²) in [4.78, 5) is 3.92. The molecule has 0 aliphatic rings. The SMILES string of the molecule is Cn1cc(N)c(Oc2cccnc2)n1. The maximum atomic E-state index is 5.66. The van der Waals surface area contributed by atoms with Gasteiger partial charge >= 0.3 is 0 Å². The van der Waals surface area contributed by atoms with E-state index in [1.807, 2.05) is 0 Å². The lowest BCUT2D eigenvalue weighted by Crippen LogP contribution is -1.91. The number of aromatic nitrogens is 3. The number of nitrogen functional groups attached to an aromatic ring is 1. The first-order valence-electron chi connectivity index (χ1n) is 4.13. The third-order valence-electron chi connectivity index (χ3n) is 1.67. The molecule has 0 unspecified atom stereocenters. The van der Waals surface area contributed by atoms with E-state index in [0.717, 1.165) is 0 Å². The van der Waals surface area contributed by atoms with Crippen LogP contribution >= 0.6 is 0 Å². The minimum absolute atomic E-state index is 0.403. The number of hydrogen-bond acceptors (Lipinski definition) is 4. The summed E-state index contributed by atoms with van der Waals surface area (Å²) < 4.78 is 7.01. The van der Waals surface area contributed by atoms with Crippen molar-refractivity contribution in [3.63, 3.8) is 0 Å². The molecule has 2 aromatic rings. The highest BCUT2D eigenvalue weighted by Gasteiger charge is 2.05. The summed E-state index contributed by atoms with van der Waals surface area (Å²) in [6, 6.07) is 3.58. The molecule has 5 nitrogen and oxygen atoms in total. The van der Waals surface area contributed by atoms with Crippen LogP contribution in [-0.4, -0.2) is 14.8 Å². The molecule has 2 rings (SSSR count). The molecule has 0 amide bonds. The van der Waals surface area contributed by atoms with Crippen LogP contribution < -0.4 is 10.5 Å². The Morgan fingerprint density at radius 1 is 1.50 bits per heavy atom. The van der Waals surface area contributed by atoms with E-state index in [0.29, 0.717) is 17.3 Å². The molecule has 2 aromatic heterocycles. The first-order chi connectivity index (χ1) is 6.75. The van der Waals surface area contributed by atoms with Crippen molar-refractivity contribution >= 4 is 5.69 Å². The summed E-state index contributed by atoms with van der Waals surface area (Å²) >= 11 is 0. The van der Waals surface area contributed by atoms with Gasteiger partial charge < -0.3 is 10.5 Å². The number of pyridine rings is 1. The number of nitrogens with two attached hydrogens (primary N) is 1. The lowest BCUT2D eigenvalue weighted by Gasteiger charge is -2.00. The van der Waals surface area contributed by atoms with Crippen molar-refractivity contribution in [3.8, 4) is 11.6 Å². The van der Waals surface area contributed by atoms with Crippen molar-refractivity contribution in [1.82, 2.24) is 14.8 Å². The summed E-state index contributed by atoms with van der Waals surface area (Å²) in [6.45, 7) is 0. The van der Waals surface area contributed by atoms with E-state index < -0.39 is 0 Å². The normalized spacial score (nSPS) is 10.1. The molecule has 0 aliphatic heterocycles. The molecule has 0 bridgehead atoms. The highest BCUT2D eigenvalue weighted by Crippen LogP contribution is 2.23. The van der Waals surface area contributed by atoms with Gasteiger partial charge in [0, 0.05) is 13.2 Å². The highest BCUT2D eigenvalue weighted by atomic mass is 16.5. The zero-order valence-electron chi connectivity index (χ0n) is 7.71. The molecule has 0 aromatic carbocycles. The van der Waals surface area contributed by atoms with Crippen molar-refractivity contribution in [2.24, 2.45) is 7.05 Å². The molecule has 0 saturated heterocycles. The summed E-state index contributed by atoms with van der Waals surface area (Å²) in [7, 11) is 1.78. The predicted molar refractivity (Wildman–Crippen MR) is 51.9 cm³/mol. The zero-order valence-corrected chi connectivity index (χ0v) is 7.71. The smallest absolute Gasteiger partial charge is 0.261 e. The van der Waals surface area contributed by atoms with E-state index in [1.54, 1.807) is 42.5 Å². The molecule has 0 atom stereocenters. The first-order valence-corrected chi connectivity index (χ1v) is 4.13. The molecule has 0 radical (unpaired) electrons. The van der Waals surface area contributed by atoms with Crippen LogP contribution in [0.5, 0.6) is 11.6 Å². The number of rotatable bonds is 2. The second kappa shape index (κ2) is 3.37. The van der Waals surface area contributed by atoms with Crippen molar-refractivity contribution < 1.29 is 4.74 Å². The Bertz CT molecular complexity index is 424. The molecule has 72 valence electrons. The first kappa shape index (κ1) is 8.55. The lowest BCUT2D eigenvalue weighted by molar-refractivity contribution is 0.454. The molecule has 0 fully saturated rings. The summed E-state index contributed by atoms with van der Waals surface area (Å²) in [5, 5.41) is 4.05. The fourth-order valence-corrected chi connectivity index (χ4v) is 1.08. The maximum absolute atomic E-state index is 5.66. The van der Waals surface area contributed by atoms with Crippen LogP contribution in [0.2, 0.25) is 0 Å². The molecule has 5 heteroatoms. The Balaban J connectivity index is 2.23. The molecule has 14 heavy (non-hydrogen) atoms. The lowest BCUT2D eigenvalue weighted by atomic mass is 10.4. The topological polar surface area (TPSA) is 66.0 Å². The Labute approximate surface area is 81.1 Å². The van der Waals surface area contributed by atoms with Gasteiger partial charge in [0.15, 0.2) is 0 Å². The van der Waals surface area contributed by atoms with Crippen LogP contribution in [0.4, 0.5) is 5.69 Å². The van der Waals surface area contributed by atoms with Gasteiger partial charge in [0.25, 0.3) is 5.88 Å². The molecular weight excluding hydrogens is 180 g/mol. The van der Waals surface area contributed by atoms with Gasteiger partial charge in [0.1, 0.15) is 11.4 Å². The molecule has 0 spiro atoms. The number of ether oxygens (including phenoxy) is 1. The van der Waals surface area contributed by atoms with E-state index >= 15 is 0 Å². The van der Waals surface area contributed by atoms with Crippen LogP contribution in [0.3, 0.4) is 0 Å². The second-order valence-electron chi connectivity index (χ2n) is 2.85. The Morgan fingerprint density at radius 2 is 2.36 bits per heavy atom. The quantitative estimate of drug-likeness (QED) is 0.772. The average molecular weight is 190 g/mol. The van der Waals surface area contributed by atoms with Gasteiger partial charge in [-0.2, -0.15) is 0 Å². The molecule has 0 aliphatic carbocycles. The van der Waals surface area contributed by atoms with Crippen molar-refractivity contribution in [2.75, 3.05) is 5.73 Å². The van der Waals surface area contributed by atoms with E-state index in [-0.39, 0.29) is 0 Å². The largest absolute Gasteiger partial charge is 0.434 e. The minimum Gasteiger partial charge on any atom is -0.434 e. The summed E-state index contributed by atoms with van der Waals surface area (Å²) in [5.74, 6) is 1.03. The van der Waals surface area contributed by atoms with E-state index in [4.69, 9.17) is 10.5 Å². The van der Waals surface area contributed by atoms with Crippen molar-refractivity contribution in [1.29, 1.82) is 0 Å². The van der Waals surface area contributed by atoms with Crippen molar-refractivity contribution in [2.45, 2.75) is 0 Å². The number of aryl methyl sites for hydroxylation is 1. The summed E-state index contributed by atoms with van der Waals surface area (Å²) in [5.41, 5.74) is 6.17. The van der Waals surface area contributed by atoms with Gasteiger partial charge in [-0.1, -0.05) is 0 Å². The van der Waals surface area contributed by atoms with Gasteiger partial charge in [-0.3, -0.25) is 9.67 Å². The fraction of sp³-hybridized carbons (Fsp3) is 0.111. The second-order valence-corrected chi connectivity index (χ2v) is 2.85. The van der Waals surface area contributed by atoms with E-state index in [9.17, 15) is 0 Å². The number of anilines is 1. The Kier molecular flexibility index (Phi) is 2.06. The molecule has 2 heterocycles. The van der Waals surface area contributed by atoms with Crippen LogP contribution in [-0.2, 0) is 7.05 Å². The van der Waals surface area contributed by atoms with Gasteiger partial charge in [-0.25, -0.2) is 0 Å².